The number of likely N-dealkylation sites (tertiary alicyclic amines) is 1. The molecular weight excluding hydrogens is 348 g/mol. The predicted octanol–water partition coefficient (Wildman–Crippen LogP) is 4.71. The molecule has 1 aliphatic rings. The van der Waals surface area contributed by atoms with Gasteiger partial charge < -0.3 is 9.64 Å². The van der Waals surface area contributed by atoms with E-state index in [4.69, 9.17) is 9.72 Å². The van der Waals surface area contributed by atoms with Gasteiger partial charge in [0.25, 0.3) is 5.91 Å². The van der Waals surface area contributed by atoms with E-state index in [0.29, 0.717) is 12.5 Å². The lowest BCUT2D eigenvalue weighted by atomic mass is 9.91. The number of pyridine rings is 1. The summed E-state index contributed by atoms with van der Waals surface area (Å²) in [4.78, 5) is 19.5. The Hall–Kier alpha value is -2.72. The zero-order valence-corrected chi connectivity index (χ0v) is 16.5. The highest BCUT2D eigenvalue weighted by Crippen LogP contribution is 2.30. The molecule has 1 aromatic heterocycles. The molecule has 4 nitrogen and oxygen atoms in total. The number of carbonyl (C=O) groups is 1. The number of benzene rings is 2. The molecule has 0 bridgehead atoms. The Kier molecular flexibility index (Phi) is 5.40. The zero-order valence-electron chi connectivity index (χ0n) is 16.5. The minimum atomic E-state index is 0.115. The van der Waals surface area contributed by atoms with Crippen molar-refractivity contribution in [1.82, 2.24) is 9.88 Å². The van der Waals surface area contributed by atoms with Crippen molar-refractivity contribution < 1.29 is 9.53 Å². The van der Waals surface area contributed by atoms with Crippen LogP contribution in [0.2, 0.25) is 0 Å². The monoisotopic (exact) mass is 374 g/mol. The number of methoxy groups -OCH3 is 1. The molecule has 1 fully saturated rings. The predicted molar refractivity (Wildman–Crippen MR) is 112 cm³/mol. The van der Waals surface area contributed by atoms with Crippen molar-refractivity contribution in [3.8, 4) is 0 Å². The fourth-order valence-electron chi connectivity index (χ4n) is 4.04. The third-order valence-corrected chi connectivity index (χ3v) is 5.72. The summed E-state index contributed by atoms with van der Waals surface area (Å²) in [7, 11) is 1.68. The van der Waals surface area contributed by atoms with Crippen molar-refractivity contribution in [3.05, 3.63) is 77.1 Å². The maximum Gasteiger partial charge on any atom is 0.253 e. The van der Waals surface area contributed by atoms with E-state index in [1.165, 1.54) is 16.3 Å². The second kappa shape index (κ2) is 8.11. The van der Waals surface area contributed by atoms with Gasteiger partial charge in [0.05, 0.1) is 6.61 Å². The lowest BCUT2D eigenvalue weighted by molar-refractivity contribution is 0.0712. The van der Waals surface area contributed by atoms with Crippen LogP contribution in [0.5, 0.6) is 0 Å². The number of amides is 1. The summed E-state index contributed by atoms with van der Waals surface area (Å²) in [6, 6.07) is 16.3. The van der Waals surface area contributed by atoms with E-state index in [2.05, 4.69) is 31.2 Å². The molecule has 3 aromatic rings. The largest absolute Gasteiger partial charge is 0.380 e. The Morgan fingerprint density at radius 3 is 2.61 bits per heavy atom. The van der Waals surface area contributed by atoms with Gasteiger partial charge in [0.15, 0.2) is 0 Å². The number of piperidine rings is 1. The van der Waals surface area contributed by atoms with Crippen LogP contribution in [0.15, 0.2) is 54.7 Å². The first-order valence-electron chi connectivity index (χ1n) is 9.88. The number of nitrogens with zero attached hydrogens (tertiary/aromatic N) is 2. The van der Waals surface area contributed by atoms with E-state index in [0.717, 1.165) is 42.8 Å². The highest BCUT2D eigenvalue weighted by Gasteiger charge is 2.25. The number of hydrogen-bond donors (Lipinski definition) is 0. The molecule has 4 heteroatoms. The third-order valence-electron chi connectivity index (χ3n) is 5.72. The fourth-order valence-corrected chi connectivity index (χ4v) is 4.04. The molecule has 0 spiro atoms. The normalized spacial score (nSPS) is 15.1. The number of carbonyl (C=O) groups excluding carboxylic acids is 1. The van der Waals surface area contributed by atoms with Gasteiger partial charge >= 0.3 is 0 Å². The van der Waals surface area contributed by atoms with E-state index in [9.17, 15) is 4.79 Å². The first-order chi connectivity index (χ1) is 13.7. The zero-order chi connectivity index (χ0) is 19.5. The van der Waals surface area contributed by atoms with E-state index in [1.54, 1.807) is 7.11 Å². The van der Waals surface area contributed by atoms with Crippen molar-refractivity contribution >= 4 is 16.7 Å². The molecule has 0 aliphatic carbocycles. The molecule has 4 rings (SSSR count). The standard InChI is InChI=1S/C24H26N2O2/c1-17-4-3-5-21-15-25-23(14-22(17)21)19-10-12-26(13-11-19)24(27)20-8-6-18(7-9-20)16-28-2/h3-9,14-15,19H,10-13,16H2,1-2H3. The summed E-state index contributed by atoms with van der Waals surface area (Å²) >= 11 is 0. The molecular formula is C24H26N2O2. The van der Waals surface area contributed by atoms with Gasteiger partial charge in [-0.2, -0.15) is 0 Å². The van der Waals surface area contributed by atoms with Gasteiger partial charge in [-0.1, -0.05) is 30.3 Å². The summed E-state index contributed by atoms with van der Waals surface area (Å²) in [5.74, 6) is 0.530. The number of rotatable bonds is 4. The molecule has 28 heavy (non-hydrogen) atoms. The van der Waals surface area contributed by atoms with Gasteiger partial charge in [-0.3, -0.25) is 9.78 Å². The van der Waals surface area contributed by atoms with Gasteiger partial charge in [-0.15, -0.1) is 0 Å². The van der Waals surface area contributed by atoms with E-state index in [-0.39, 0.29) is 5.91 Å². The van der Waals surface area contributed by atoms with Crippen LogP contribution in [0.1, 0.15) is 45.9 Å². The maximum atomic E-state index is 12.8. The van der Waals surface area contributed by atoms with Crippen LogP contribution < -0.4 is 0 Å². The first kappa shape index (κ1) is 18.6. The Labute approximate surface area is 166 Å². The number of aromatic nitrogens is 1. The average Bonchev–Trinajstić information content (AvgIpc) is 2.74. The van der Waals surface area contributed by atoms with E-state index < -0.39 is 0 Å². The first-order valence-corrected chi connectivity index (χ1v) is 9.88. The fraction of sp³-hybridized carbons (Fsp3) is 0.333. The molecule has 2 aromatic carbocycles. The quantitative estimate of drug-likeness (QED) is 0.664. The van der Waals surface area contributed by atoms with Crippen molar-refractivity contribution in [1.29, 1.82) is 0 Å². The van der Waals surface area contributed by atoms with E-state index >= 15 is 0 Å². The van der Waals surface area contributed by atoms with Crippen LogP contribution in [0.3, 0.4) is 0 Å². The van der Waals surface area contributed by atoms with Gasteiger partial charge in [0.1, 0.15) is 0 Å². The maximum absolute atomic E-state index is 12.8. The summed E-state index contributed by atoms with van der Waals surface area (Å²) in [6.45, 7) is 4.26. The van der Waals surface area contributed by atoms with Gasteiger partial charge in [0, 0.05) is 49.0 Å². The SMILES string of the molecule is COCc1ccc(C(=O)N2CCC(c3cc4c(C)cccc4cn3)CC2)cc1. The Bertz CT molecular complexity index is 974. The summed E-state index contributed by atoms with van der Waals surface area (Å²) in [5, 5.41) is 2.47. The lowest BCUT2D eigenvalue weighted by Gasteiger charge is -2.32. The molecule has 0 saturated carbocycles. The summed E-state index contributed by atoms with van der Waals surface area (Å²) in [6.07, 6.45) is 3.90. The van der Waals surface area contributed by atoms with Gasteiger partial charge in [-0.05, 0) is 54.5 Å². The molecule has 0 radical (unpaired) electrons. The number of ether oxygens (including phenoxy) is 1. The Balaban J connectivity index is 1.43. The topological polar surface area (TPSA) is 42.4 Å². The second-order valence-electron chi connectivity index (χ2n) is 7.60. The summed E-state index contributed by atoms with van der Waals surface area (Å²) < 4.78 is 5.13. The molecule has 1 aliphatic heterocycles. The lowest BCUT2D eigenvalue weighted by Crippen LogP contribution is -2.38. The minimum absolute atomic E-state index is 0.115. The molecule has 2 heterocycles. The van der Waals surface area contributed by atoms with Crippen molar-refractivity contribution in [2.24, 2.45) is 0 Å². The van der Waals surface area contributed by atoms with Crippen LogP contribution in [0.4, 0.5) is 0 Å². The summed E-state index contributed by atoms with van der Waals surface area (Å²) in [5.41, 5.74) is 4.26. The highest BCUT2D eigenvalue weighted by atomic mass is 16.5. The number of aryl methyl sites for hydroxylation is 1. The molecule has 0 atom stereocenters. The third kappa shape index (κ3) is 3.78. The Morgan fingerprint density at radius 1 is 1.14 bits per heavy atom. The van der Waals surface area contributed by atoms with Crippen LogP contribution in [-0.4, -0.2) is 36.0 Å². The minimum Gasteiger partial charge on any atom is -0.380 e. The number of hydrogen-bond acceptors (Lipinski definition) is 3. The molecule has 1 amide bonds. The molecule has 0 unspecified atom stereocenters. The molecule has 144 valence electrons. The molecule has 0 N–H and O–H groups in total. The molecule has 1 saturated heterocycles. The van der Waals surface area contributed by atoms with Crippen LogP contribution >= 0.6 is 0 Å². The van der Waals surface area contributed by atoms with Crippen molar-refractivity contribution in [2.75, 3.05) is 20.2 Å². The van der Waals surface area contributed by atoms with Crippen LogP contribution in [0.25, 0.3) is 10.8 Å². The van der Waals surface area contributed by atoms with Gasteiger partial charge in [0.2, 0.25) is 0 Å². The van der Waals surface area contributed by atoms with Gasteiger partial charge in [-0.25, -0.2) is 0 Å². The second-order valence-corrected chi connectivity index (χ2v) is 7.60. The van der Waals surface area contributed by atoms with Crippen molar-refractivity contribution in [2.45, 2.75) is 32.3 Å². The average molecular weight is 374 g/mol. The van der Waals surface area contributed by atoms with E-state index in [1.807, 2.05) is 35.4 Å². The Morgan fingerprint density at radius 2 is 1.89 bits per heavy atom. The van der Waals surface area contributed by atoms with Crippen LogP contribution in [0, 0.1) is 6.92 Å². The van der Waals surface area contributed by atoms with Crippen LogP contribution in [-0.2, 0) is 11.3 Å². The number of fused-ring (bicyclic) bond motifs is 1. The smallest absolute Gasteiger partial charge is 0.253 e. The highest BCUT2D eigenvalue weighted by molar-refractivity contribution is 5.94. The van der Waals surface area contributed by atoms with Crippen molar-refractivity contribution in [3.63, 3.8) is 0 Å².